The van der Waals surface area contributed by atoms with E-state index in [1.54, 1.807) is 0 Å². The van der Waals surface area contributed by atoms with Gasteiger partial charge in [-0.25, -0.2) is 4.79 Å². The highest BCUT2D eigenvalue weighted by Gasteiger charge is 2.47. The van der Waals surface area contributed by atoms with Crippen molar-refractivity contribution in [3.05, 3.63) is 0 Å². The lowest BCUT2D eigenvalue weighted by Crippen LogP contribution is -2.58. The van der Waals surface area contributed by atoms with Crippen molar-refractivity contribution in [1.29, 1.82) is 0 Å². The Morgan fingerprint density at radius 3 is 2.06 bits per heavy atom. The first-order valence-corrected chi connectivity index (χ1v) is 6.82. The van der Waals surface area contributed by atoms with Gasteiger partial charge in [-0.05, 0) is 51.4 Å². The van der Waals surface area contributed by atoms with Gasteiger partial charge >= 0.3 is 5.97 Å². The number of carboxylic acid groups (broad SMARTS) is 1. The summed E-state index contributed by atoms with van der Waals surface area (Å²) >= 11 is 0. The molecule has 1 aliphatic rings. The summed E-state index contributed by atoms with van der Waals surface area (Å²) < 4.78 is 0. The summed E-state index contributed by atoms with van der Waals surface area (Å²) in [5.41, 5.74) is -0.985. The third kappa shape index (κ3) is 2.68. The summed E-state index contributed by atoms with van der Waals surface area (Å²) in [7, 11) is 0. The number of hydrogen-bond acceptors (Lipinski definition) is 2. The van der Waals surface area contributed by atoms with Crippen molar-refractivity contribution in [2.75, 3.05) is 0 Å². The van der Waals surface area contributed by atoms with Crippen molar-refractivity contribution in [2.24, 2.45) is 11.8 Å². The number of aliphatic carboxylic acids is 1. The molecular weight excluding hydrogens is 230 g/mol. The second kappa shape index (κ2) is 5.72. The minimum absolute atomic E-state index is 0.0748. The van der Waals surface area contributed by atoms with Crippen molar-refractivity contribution in [3.63, 3.8) is 0 Å². The van der Waals surface area contributed by atoms with Crippen LogP contribution in [0.1, 0.15) is 53.4 Å². The molecule has 0 bridgehead atoms. The van der Waals surface area contributed by atoms with Crippen molar-refractivity contribution in [1.82, 2.24) is 4.90 Å². The molecule has 0 heterocycles. The fourth-order valence-electron chi connectivity index (χ4n) is 3.08. The van der Waals surface area contributed by atoms with Crippen molar-refractivity contribution in [2.45, 2.75) is 65.0 Å². The molecular formula is C14H25NO3. The third-order valence-corrected chi connectivity index (χ3v) is 4.36. The van der Waals surface area contributed by atoms with Gasteiger partial charge in [-0.15, -0.1) is 0 Å². The van der Waals surface area contributed by atoms with Gasteiger partial charge in [0.15, 0.2) is 0 Å². The zero-order chi connectivity index (χ0) is 13.9. The average molecular weight is 255 g/mol. The minimum atomic E-state index is -0.985. The lowest BCUT2D eigenvalue weighted by Gasteiger charge is -2.45. The van der Waals surface area contributed by atoms with E-state index in [0.717, 1.165) is 12.8 Å². The Kier molecular flexibility index (Phi) is 4.77. The summed E-state index contributed by atoms with van der Waals surface area (Å²) in [4.78, 5) is 24.4. The molecule has 1 saturated carbocycles. The van der Waals surface area contributed by atoms with Gasteiger partial charge in [0.25, 0.3) is 0 Å². The van der Waals surface area contributed by atoms with E-state index in [4.69, 9.17) is 0 Å². The normalized spacial score (nSPS) is 28.4. The summed E-state index contributed by atoms with van der Waals surface area (Å²) in [5.74, 6) is 0.309. The molecule has 4 nitrogen and oxygen atoms in total. The second-order valence-corrected chi connectivity index (χ2v) is 6.02. The fourth-order valence-corrected chi connectivity index (χ4v) is 3.08. The van der Waals surface area contributed by atoms with E-state index in [9.17, 15) is 14.7 Å². The zero-order valence-corrected chi connectivity index (χ0v) is 11.8. The van der Waals surface area contributed by atoms with E-state index in [0.29, 0.717) is 31.1 Å². The van der Waals surface area contributed by atoms with Crippen LogP contribution in [0.4, 0.5) is 0 Å². The van der Waals surface area contributed by atoms with Gasteiger partial charge in [0, 0.05) is 6.04 Å². The predicted molar refractivity (Wildman–Crippen MR) is 70.2 cm³/mol. The maximum Gasteiger partial charge on any atom is 0.329 e. The van der Waals surface area contributed by atoms with Crippen LogP contribution in [0.25, 0.3) is 0 Å². The highest BCUT2D eigenvalue weighted by atomic mass is 16.4. The van der Waals surface area contributed by atoms with Crippen LogP contribution in [0.2, 0.25) is 0 Å². The smallest absolute Gasteiger partial charge is 0.329 e. The molecule has 0 spiro atoms. The first kappa shape index (κ1) is 15.0. The van der Waals surface area contributed by atoms with Crippen molar-refractivity contribution < 1.29 is 14.7 Å². The number of carbonyl (C=O) groups is 2. The number of hydrogen-bond donors (Lipinski definition) is 1. The maximum absolute atomic E-state index is 11.7. The fraction of sp³-hybridized carbons (Fsp3) is 0.857. The number of amides is 1. The molecule has 1 fully saturated rings. The molecule has 4 heteroatoms. The number of carboxylic acids is 1. The van der Waals surface area contributed by atoms with Crippen LogP contribution in [0.15, 0.2) is 0 Å². The van der Waals surface area contributed by atoms with Gasteiger partial charge in [-0.3, -0.25) is 4.79 Å². The Labute approximate surface area is 109 Å². The Morgan fingerprint density at radius 2 is 1.78 bits per heavy atom. The van der Waals surface area contributed by atoms with Gasteiger partial charge in [0.2, 0.25) is 6.41 Å². The monoisotopic (exact) mass is 255 g/mol. The summed E-state index contributed by atoms with van der Waals surface area (Å²) in [6, 6.07) is -0.0748. The van der Waals surface area contributed by atoms with E-state index < -0.39 is 11.5 Å². The molecule has 0 saturated heterocycles. The van der Waals surface area contributed by atoms with Gasteiger partial charge in [-0.2, -0.15) is 0 Å². The SMILES string of the molecule is CC(C)C1CCC(C(=O)O)(N(C=O)C(C)C)CC1. The number of nitrogens with zero attached hydrogens (tertiary/aromatic N) is 1. The van der Waals surface area contributed by atoms with Crippen LogP contribution >= 0.6 is 0 Å². The van der Waals surface area contributed by atoms with Gasteiger partial charge in [0.05, 0.1) is 0 Å². The van der Waals surface area contributed by atoms with Gasteiger partial charge < -0.3 is 10.0 Å². The van der Waals surface area contributed by atoms with E-state index in [1.807, 2.05) is 13.8 Å². The van der Waals surface area contributed by atoms with Crippen LogP contribution in [-0.4, -0.2) is 34.0 Å². The highest BCUT2D eigenvalue weighted by molar-refractivity contribution is 5.81. The van der Waals surface area contributed by atoms with Gasteiger partial charge in [-0.1, -0.05) is 13.8 Å². The molecule has 1 aliphatic carbocycles. The molecule has 0 aliphatic heterocycles. The van der Waals surface area contributed by atoms with Crippen LogP contribution in [0, 0.1) is 11.8 Å². The standard InChI is InChI=1S/C14H25NO3/c1-10(2)12-5-7-14(8-6-12,13(17)18)15(9-16)11(3)4/h9-12H,5-8H2,1-4H3,(H,17,18). The van der Waals surface area contributed by atoms with E-state index in [-0.39, 0.29) is 6.04 Å². The van der Waals surface area contributed by atoms with Crippen LogP contribution < -0.4 is 0 Å². The lowest BCUT2D eigenvalue weighted by molar-refractivity contribution is -0.160. The summed E-state index contributed by atoms with van der Waals surface area (Å²) in [6.45, 7) is 8.10. The largest absolute Gasteiger partial charge is 0.479 e. The topological polar surface area (TPSA) is 57.6 Å². The van der Waals surface area contributed by atoms with E-state index in [1.165, 1.54) is 4.90 Å². The second-order valence-electron chi connectivity index (χ2n) is 6.02. The molecule has 0 aromatic heterocycles. The van der Waals surface area contributed by atoms with Crippen molar-refractivity contribution in [3.8, 4) is 0 Å². The molecule has 1 rings (SSSR count). The maximum atomic E-state index is 11.7. The summed E-state index contributed by atoms with van der Waals surface area (Å²) in [6.07, 6.45) is 3.63. The Morgan fingerprint density at radius 1 is 1.28 bits per heavy atom. The molecule has 0 atom stereocenters. The highest BCUT2D eigenvalue weighted by Crippen LogP contribution is 2.39. The number of rotatable bonds is 5. The Bertz CT molecular complexity index is 304. The van der Waals surface area contributed by atoms with Gasteiger partial charge in [0.1, 0.15) is 5.54 Å². The predicted octanol–water partition coefficient (Wildman–Crippen LogP) is 2.52. The molecule has 1 amide bonds. The first-order chi connectivity index (χ1) is 8.35. The van der Waals surface area contributed by atoms with Crippen LogP contribution in [-0.2, 0) is 9.59 Å². The zero-order valence-electron chi connectivity index (χ0n) is 11.8. The molecule has 104 valence electrons. The van der Waals surface area contributed by atoms with Crippen LogP contribution in [0.5, 0.6) is 0 Å². The third-order valence-electron chi connectivity index (χ3n) is 4.36. The molecule has 0 aromatic carbocycles. The summed E-state index contributed by atoms with van der Waals surface area (Å²) in [5, 5.41) is 9.56. The quantitative estimate of drug-likeness (QED) is 0.768. The molecule has 0 aromatic rings. The average Bonchev–Trinajstić information content (AvgIpc) is 2.29. The number of carbonyl (C=O) groups excluding carboxylic acids is 1. The molecule has 18 heavy (non-hydrogen) atoms. The van der Waals surface area contributed by atoms with E-state index in [2.05, 4.69) is 13.8 Å². The Hall–Kier alpha value is -1.06. The molecule has 1 N–H and O–H groups in total. The lowest BCUT2D eigenvalue weighted by atomic mass is 9.72. The van der Waals surface area contributed by atoms with Crippen LogP contribution in [0.3, 0.4) is 0 Å². The Balaban J connectivity index is 2.91. The van der Waals surface area contributed by atoms with E-state index >= 15 is 0 Å². The molecule has 0 radical (unpaired) electrons. The van der Waals surface area contributed by atoms with Crippen molar-refractivity contribution >= 4 is 12.4 Å². The molecule has 0 unspecified atom stereocenters. The first-order valence-electron chi connectivity index (χ1n) is 6.82. The minimum Gasteiger partial charge on any atom is -0.479 e.